The predicted molar refractivity (Wildman–Crippen MR) is 72.5 cm³/mol. The maximum atomic E-state index is 13.4. The molecule has 0 unspecified atom stereocenters. The quantitative estimate of drug-likeness (QED) is 0.895. The van der Waals surface area contributed by atoms with E-state index in [1.807, 2.05) is 0 Å². The van der Waals surface area contributed by atoms with Crippen molar-refractivity contribution in [1.82, 2.24) is 9.97 Å². The number of carbonyl (C=O) groups is 2. The van der Waals surface area contributed by atoms with Crippen molar-refractivity contribution in [1.29, 1.82) is 0 Å². The normalized spacial score (nSPS) is 10.2. The molecular formula is C14H12FN3O3. The predicted octanol–water partition coefficient (Wildman–Crippen LogP) is 1.80. The third-order valence-corrected chi connectivity index (χ3v) is 2.73. The number of anilines is 1. The van der Waals surface area contributed by atoms with Gasteiger partial charge in [-0.2, -0.15) is 0 Å². The highest BCUT2D eigenvalue weighted by Gasteiger charge is 2.13. The number of hydrogen-bond donors (Lipinski definition) is 2. The van der Waals surface area contributed by atoms with Crippen LogP contribution in [-0.4, -0.2) is 27.0 Å². The van der Waals surface area contributed by atoms with Crippen LogP contribution >= 0.6 is 0 Å². The molecule has 1 aromatic heterocycles. The minimum atomic E-state index is -1.13. The van der Waals surface area contributed by atoms with E-state index in [4.69, 9.17) is 5.11 Å². The number of nitrogens with one attached hydrogen (secondary N) is 1. The first-order valence-electron chi connectivity index (χ1n) is 6.07. The molecule has 1 amide bonds. The average molecular weight is 289 g/mol. The molecule has 0 atom stereocenters. The van der Waals surface area contributed by atoms with Gasteiger partial charge in [0.1, 0.15) is 11.6 Å². The van der Waals surface area contributed by atoms with Crippen LogP contribution in [0.5, 0.6) is 0 Å². The highest BCUT2D eigenvalue weighted by Crippen LogP contribution is 2.12. The van der Waals surface area contributed by atoms with E-state index < -0.39 is 17.7 Å². The van der Waals surface area contributed by atoms with Crippen LogP contribution in [0.1, 0.15) is 21.9 Å². The standard InChI is InChI=1S/C14H12FN3O3/c1-8-9(14(20)21)7-16-12(17-8)6-13(19)18-11-5-3-2-4-10(11)15/h2-5,7H,6H2,1H3,(H,18,19)(H,20,21). The van der Waals surface area contributed by atoms with Gasteiger partial charge in [0, 0.05) is 6.20 Å². The first kappa shape index (κ1) is 14.6. The Morgan fingerprint density at radius 3 is 2.67 bits per heavy atom. The molecule has 1 aromatic carbocycles. The van der Waals surface area contributed by atoms with E-state index in [1.54, 1.807) is 6.07 Å². The second kappa shape index (κ2) is 6.08. The highest BCUT2D eigenvalue weighted by molar-refractivity contribution is 5.92. The number of aryl methyl sites for hydroxylation is 1. The number of halogens is 1. The van der Waals surface area contributed by atoms with Crippen molar-refractivity contribution < 1.29 is 19.1 Å². The Balaban J connectivity index is 2.08. The van der Waals surface area contributed by atoms with Gasteiger partial charge >= 0.3 is 5.97 Å². The largest absolute Gasteiger partial charge is 0.478 e. The third kappa shape index (κ3) is 3.59. The maximum absolute atomic E-state index is 13.4. The van der Waals surface area contributed by atoms with Crippen LogP contribution in [0.15, 0.2) is 30.5 Å². The van der Waals surface area contributed by atoms with E-state index in [0.29, 0.717) is 0 Å². The first-order chi connectivity index (χ1) is 9.97. The van der Waals surface area contributed by atoms with Crippen LogP contribution in [0.25, 0.3) is 0 Å². The number of rotatable bonds is 4. The summed E-state index contributed by atoms with van der Waals surface area (Å²) in [5.74, 6) is -1.98. The molecule has 0 saturated carbocycles. The zero-order chi connectivity index (χ0) is 15.4. The monoisotopic (exact) mass is 289 g/mol. The molecule has 0 aliphatic carbocycles. The topological polar surface area (TPSA) is 92.2 Å². The summed E-state index contributed by atoms with van der Waals surface area (Å²) in [5.41, 5.74) is 0.320. The van der Waals surface area contributed by atoms with Gasteiger partial charge in [0.2, 0.25) is 5.91 Å². The van der Waals surface area contributed by atoms with Gasteiger partial charge in [-0.1, -0.05) is 12.1 Å². The van der Waals surface area contributed by atoms with E-state index in [9.17, 15) is 14.0 Å². The Morgan fingerprint density at radius 1 is 1.33 bits per heavy atom. The van der Waals surface area contributed by atoms with Crippen LogP contribution < -0.4 is 5.32 Å². The third-order valence-electron chi connectivity index (χ3n) is 2.73. The van der Waals surface area contributed by atoms with E-state index in [0.717, 1.165) is 6.20 Å². The molecule has 0 aliphatic rings. The van der Waals surface area contributed by atoms with E-state index in [-0.39, 0.29) is 29.2 Å². The van der Waals surface area contributed by atoms with Gasteiger partial charge < -0.3 is 10.4 Å². The Morgan fingerprint density at radius 2 is 2.05 bits per heavy atom. The number of aromatic carboxylic acids is 1. The Hall–Kier alpha value is -2.83. The number of benzene rings is 1. The number of para-hydroxylation sites is 1. The van der Waals surface area contributed by atoms with Crippen molar-refractivity contribution in [2.75, 3.05) is 5.32 Å². The molecule has 0 saturated heterocycles. The number of amides is 1. The number of carbonyl (C=O) groups excluding carboxylic acids is 1. The zero-order valence-corrected chi connectivity index (χ0v) is 11.1. The van der Waals surface area contributed by atoms with Crippen LogP contribution in [0.4, 0.5) is 10.1 Å². The molecule has 1 heterocycles. The number of carboxylic acids is 1. The number of nitrogens with zero attached hydrogens (tertiary/aromatic N) is 2. The lowest BCUT2D eigenvalue weighted by Gasteiger charge is -2.06. The maximum Gasteiger partial charge on any atom is 0.339 e. The fourth-order valence-corrected chi connectivity index (χ4v) is 1.71. The van der Waals surface area contributed by atoms with Crippen molar-refractivity contribution in [2.24, 2.45) is 0 Å². The van der Waals surface area contributed by atoms with Gasteiger partial charge in [0.05, 0.1) is 23.4 Å². The van der Waals surface area contributed by atoms with E-state index in [1.165, 1.54) is 25.1 Å². The summed E-state index contributed by atoms with van der Waals surface area (Å²) < 4.78 is 13.4. The van der Waals surface area contributed by atoms with Gasteiger partial charge in [0.25, 0.3) is 0 Å². The van der Waals surface area contributed by atoms with Gasteiger partial charge in [-0.25, -0.2) is 19.2 Å². The number of aromatic nitrogens is 2. The zero-order valence-electron chi connectivity index (χ0n) is 11.1. The molecule has 2 N–H and O–H groups in total. The molecule has 108 valence electrons. The summed E-state index contributed by atoms with van der Waals surface area (Å²) in [4.78, 5) is 30.4. The minimum Gasteiger partial charge on any atom is -0.478 e. The average Bonchev–Trinajstić information content (AvgIpc) is 2.41. The van der Waals surface area contributed by atoms with Gasteiger partial charge in [-0.15, -0.1) is 0 Å². The van der Waals surface area contributed by atoms with Crippen molar-refractivity contribution >= 4 is 17.6 Å². The molecule has 0 bridgehead atoms. The van der Waals surface area contributed by atoms with Gasteiger partial charge in [-0.3, -0.25) is 4.79 Å². The molecule has 21 heavy (non-hydrogen) atoms. The summed E-state index contributed by atoms with van der Waals surface area (Å²) in [5, 5.41) is 11.3. The lowest BCUT2D eigenvalue weighted by Crippen LogP contribution is -2.17. The fraction of sp³-hybridized carbons (Fsp3) is 0.143. The first-order valence-corrected chi connectivity index (χ1v) is 6.07. The van der Waals surface area contributed by atoms with Crippen LogP contribution in [0.2, 0.25) is 0 Å². The molecule has 0 spiro atoms. The molecule has 2 aromatic rings. The Bertz CT molecular complexity index is 704. The second-order valence-electron chi connectivity index (χ2n) is 4.30. The summed E-state index contributed by atoms with van der Waals surface area (Å²) in [6.07, 6.45) is 0.978. The summed E-state index contributed by atoms with van der Waals surface area (Å²) >= 11 is 0. The fourth-order valence-electron chi connectivity index (χ4n) is 1.71. The van der Waals surface area contributed by atoms with Gasteiger partial charge in [0.15, 0.2) is 0 Å². The number of hydrogen-bond acceptors (Lipinski definition) is 4. The van der Waals surface area contributed by atoms with Crippen molar-refractivity contribution in [2.45, 2.75) is 13.3 Å². The second-order valence-corrected chi connectivity index (χ2v) is 4.30. The van der Waals surface area contributed by atoms with Crippen LogP contribution in [0.3, 0.4) is 0 Å². The molecule has 0 radical (unpaired) electrons. The van der Waals surface area contributed by atoms with Crippen LogP contribution in [0, 0.1) is 12.7 Å². The molecule has 7 heteroatoms. The molecular weight excluding hydrogens is 277 g/mol. The lowest BCUT2D eigenvalue weighted by molar-refractivity contribution is -0.115. The van der Waals surface area contributed by atoms with Crippen LogP contribution in [-0.2, 0) is 11.2 Å². The molecule has 6 nitrogen and oxygen atoms in total. The Labute approximate surface area is 119 Å². The molecule has 0 aliphatic heterocycles. The molecule has 0 fully saturated rings. The minimum absolute atomic E-state index is 0.0201. The number of carboxylic acid groups (broad SMARTS) is 1. The SMILES string of the molecule is Cc1nc(CC(=O)Nc2ccccc2F)ncc1C(=O)O. The lowest BCUT2D eigenvalue weighted by atomic mass is 10.2. The Kier molecular flexibility index (Phi) is 4.22. The smallest absolute Gasteiger partial charge is 0.339 e. The van der Waals surface area contributed by atoms with Crippen molar-refractivity contribution in [3.63, 3.8) is 0 Å². The van der Waals surface area contributed by atoms with Crippen molar-refractivity contribution in [3.8, 4) is 0 Å². The van der Waals surface area contributed by atoms with Crippen molar-refractivity contribution in [3.05, 3.63) is 53.4 Å². The van der Waals surface area contributed by atoms with E-state index >= 15 is 0 Å². The summed E-state index contributed by atoms with van der Waals surface area (Å²) in [7, 11) is 0. The van der Waals surface area contributed by atoms with Gasteiger partial charge in [-0.05, 0) is 19.1 Å². The highest BCUT2D eigenvalue weighted by atomic mass is 19.1. The summed E-state index contributed by atoms with van der Waals surface area (Å²) in [6, 6.07) is 5.79. The molecule has 2 rings (SSSR count). The van der Waals surface area contributed by atoms with E-state index in [2.05, 4.69) is 15.3 Å². The summed E-state index contributed by atoms with van der Waals surface area (Å²) in [6.45, 7) is 1.52.